The van der Waals surface area contributed by atoms with Crippen molar-refractivity contribution in [3.8, 4) is 5.75 Å². The van der Waals surface area contributed by atoms with Crippen LogP contribution in [0.1, 0.15) is 11.1 Å². The number of rotatable bonds is 6. The second-order valence-corrected chi connectivity index (χ2v) is 4.69. The summed E-state index contributed by atoms with van der Waals surface area (Å²) in [7, 11) is 0. The first kappa shape index (κ1) is 15.1. The maximum absolute atomic E-state index is 10.6. The minimum Gasteiger partial charge on any atom is -0.493 e. The molecule has 5 heteroatoms. The number of hydrogen-bond acceptors (Lipinski definition) is 3. The Morgan fingerprint density at radius 1 is 1.33 bits per heavy atom. The Hall–Kier alpha value is -2.33. The second-order valence-electron chi connectivity index (χ2n) is 4.28. The zero-order valence-electron chi connectivity index (χ0n) is 11.2. The Bertz CT molecular complexity index is 641. The van der Waals surface area contributed by atoms with Gasteiger partial charge in [-0.25, -0.2) is 4.79 Å². The molecular formula is C16H14ClNO3. The second kappa shape index (κ2) is 7.45. The number of aliphatic carboxylic acids is 1. The van der Waals surface area contributed by atoms with Crippen LogP contribution in [0.5, 0.6) is 5.75 Å². The van der Waals surface area contributed by atoms with E-state index in [0.717, 1.165) is 11.6 Å². The van der Waals surface area contributed by atoms with Gasteiger partial charge >= 0.3 is 5.97 Å². The highest BCUT2D eigenvalue weighted by atomic mass is 35.5. The van der Waals surface area contributed by atoms with E-state index in [-0.39, 0.29) is 0 Å². The van der Waals surface area contributed by atoms with Gasteiger partial charge in [-0.1, -0.05) is 23.7 Å². The molecule has 0 saturated heterocycles. The third-order valence-corrected chi connectivity index (χ3v) is 3.11. The smallest absolute Gasteiger partial charge is 0.328 e. The molecular weight excluding hydrogens is 290 g/mol. The summed E-state index contributed by atoms with van der Waals surface area (Å²) in [5, 5.41) is 9.15. The molecule has 0 spiro atoms. The van der Waals surface area contributed by atoms with Crippen molar-refractivity contribution in [2.45, 2.75) is 6.42 Å². The Labute approximate surface area is 127 Å². The molecule has 0 aliphatic heterocycles. The summed E-state index contributed by atoms with van der Waals surface area (Å²) in [5.41, 5.74) is 1.63. The molecule has 1 aromatic carbocycles. The maximum atomic E-state index is 10.6. The van der Waals surface area contributed by atoms with Gasteiger partial charge in [-0.15, -0.1) is 0 Å². The molecule has 2 aromatic rings. The lowest BCUT2D eigenvalue weighted by molar-refractivity contribution is -0.131. The quantitative estimate of drug-likeness (QED) is 0.830. The summed E-state index contributed by atoms with van der Waals surface area (Å²) >= 11 is 6.07. The first-order valence-corrected chi connectivity index (χ1v) is 6.76. The van der Waals surface area contributed by atoms with Crippen LogP contribution in [0.4, 0.5) is 0 Å². The number of ether oxygens (including phenoxy) is 1. The van der Waals surface area contributed by atoms with E-state index < -0.39 is 5.97 Å². The molecule has 1 N–H and O–H groups in total. The number of carboxylic acid groups (broad SMARTS) is 1. The van der Waals surface area contributed by atoms with Crippen LogP contribution in [0.15, 0.2) is 48.8 Å². The standard InChI is InChI=1S/C16H14ClNO3/c17-14-4-1-5-15(13(14)6-7-16(19)20)21-10-8-12-3-2-9-18-11-12/h1-7,9,11H,8,10H2,(H,19,20)/b7-6+. The third-order valence-electron chi connectivity index (χ3n) is 2.78. The molecule has 0 atom stereocenters. The monoisotopic (exact) mass is 303 g/mol. The molecule has 2 rings (SSSR count). The van der Waals surface area contributed by atoms with E-state index in [1.807, 2.05) is 12.1 Å². The predicted molar refractivity (Wildman–Crippen MR) is 81.6 cm³/mol. The van der Waals surface area contributed by atoms with E-state index in [4.69, 9.17) is 21.4 Å². The number of nitrogens with zero attached hydrogens (tertiary/aromatic N) is 1. The van der Waals surface area contributed by atoms with E-state index in [9.17, 15) is 4.79 Å². The molecule has 1 heterocycles. The largest absolute Gasteiger partial charge is 0.493 e. The predicted octanol–water partition coefficient (Wildman–Crippen LogP) is 3.45. The van der Waals surface area contributed by atoms with Crippen molar-refractivity contribution < 1.29 is 14.6 Å². The van der Waals surface area contributed by atoms with Gasteiger partial charge in [0.2, 0.25) is 0 Å². The number of aromatic nitrogens is 1. The Morgan fingerprint density at radius 3 is 2.90 bits per heavy atom. The Balaban J connectivity index is 2.06. The highest BCUT2D eigenvalue weighted by Gasteiger charge is 2.06. The van der Waals surface area contributed by atoms with E-state index in [0.29, 0.717) is 29.4 Å². The lowest BCUT2D eigenvalue weighted by Gasteiger charge is -2.10. The number of carbonyl (C=O) groups is 1. The topological polar surface area (TPSA) is 59.4 Å². The van der Waals surface area contributed by atoms with Gasteiger partial charge in [0.05, 0.1) is 11.6 Å². The van der Waals surface area contributed by atoms with Crippen molar-refractivity contribution in [1.29, 1.82) is 0 Å². The fourth-order valence-electron chi connectivity index (χ4n) is 1.78. The van der Waals surface area contributed by atoms with Crippen LogP contribution < -0.4 is 4.74 Å². The van der Waals surface area contributed by atoms with Gasteiger partial charge < -0.3 is 9.84 Å². The normalized spacial score (nSPS) is 10.7. The zero-order chi connectivity index (χ0) is 15.1. The van der Waals surface area contributed by atoms with Crippen molar-refractivity contribution in [2.24, 2.45) is 0 Å². The number of hydrogen-bond donors (Lipinski definition) is 1. The first-order chi connectivity index (χ1) is 10.2. The highest BCUT2D eigenvalue weighted by Crippen LogP contribution is 2.28. The summed E-state index contributed by atoms with van der Waals surface area (Å²) < 4.78 is 5.70. The SMILES string of the molecule is O=C(O)/C=C/c1c(Cl)cccc1OCCc1cccnc1. The van der Waals surface area contributed by atoms with Crippen molar-refractivity contribution >= 4 is 23.6 Å². The number of benzene rings is 1. The van der Waals surface area contributed by atoms with Crippen molar-refractivity contribution in [3.63, 3.8) is 0 Å². The number of halogens is 1. The van der Waals surface area contributed by atoms with E-state index in [1.54, 1.807) is 30.6 Å². The summed E-state index contributed by atoms with van der Waals surface area (Å²) in [6, 6.07) is 9.06. The average Bonchev–Trinajstić information content (AvgIpc) is 2.47. The first-order valence-electron chi connectivity index (χ1n) is 6.38. The Kier molecular flexibility index (Phi) is 5.35. The molecule has 0 radical (unpaired) electrons. The summed E-state index contributed by atoms with van der Waals surface area (Å²) in [6.07, 6.45) is 6.68. The molecule has 0 fully saturated rings. The Morgan fingerprint density at radius 2 is 2.19 bits per heavy atom. The average molecular weight is 304 g/mol. The summed E-state index contributed by atoms with van der Waals surface area (Å²) in [5.74, 6) is -0.472. The zero-order valence-corrected chi connectivity index (χ0v) is 12.0. The number of carboxylic acids is 1. The van der Waals surface area contributed by atoms with Gasteiger partial charge in [-0.3, -0.25) is 4.98 Å². The van der Waals surface area contributed by atoms with Crippen molar-refractivity contribution in [1.82, 2.24) is 4.98 Å². The maximum Gasteiger partial charge on any atom is 0.328 e. The molecule has 0 aliphatic rings. The van der Waals surface area contributed by atoms with Gasteiger partial charge in [0.15, 0.2) is 0 Å². The highest BCUT2D eigenvalue weighted by molar-refractivity contribution is 6.32. The summed E-state index contributed by atoms with van der Waals surface area (Å²) in [4.78, 5) is 14.7. The van der Waals surface area contributed by atoms with Crippen LogP contribution in [0.25, 0.3) is 6.08 Å². The van der Waals surface area contributed by atoms with Gasteiger partial charge in [0.25, 0.3) is 0 Å². The van der Waals surface area contributed by atoms with E-state index in [2.05, 4.69) is 4.98 Å². The van der Waals surface area contributed by atoms with Crippen LogP contribution in [0.3, 0.4) is 0 Å². The van der Waals surface area contributed by atoms with Gasteiger partial charge in [-0.2, -0.15) is 0 Å². The lowest BCUT2D eigenvalue weighted by Crippen LogP contribution is -2.03. The number of pyridine rings is 1. The molecule has 0 bridgehead atoms. The molecule has 21 heavy (non-hydrogen) atoms. The molecule has 0 saturated carbocycles. The van der Waals surface area contributed by atoms with Crippen molar-refractivity contribution in [2.75, 3.05) is 6.61 Å². The van der Waals surface area contributed by atoms with Gasteiger partial charge in [0, 0.05) is 30.5 Å². The molecule has 0 unspecified atom stereocenters. The minimum absolute atomic E-state index is 0.450. The van der Waals surface area contributed by atoms with Crippen LogP contribution >= 0.6 is 11.6 Å². The third kappa shape index (κ3) is 4.61. The fraction of sp³-hybridized carbons (Fsp3) is 0.125. The van der Waals surface area contributed by atoms with Crippen LogP contribution in [0.2, 0.25) is 5.02 Å². The van der Waals surface area contributed by atoms with Gasteiger partial charge in [-0.05, 0) is 29.8 Å². The summed E-state index contributed by atoms with van der Waals surface area (Å²) in [6.45, 7) is 0.458. The minimum atomic E-state index is -1.03. The fourth-order valence-corrected chi connectivity index (χ4v) is 2.01. The molecule has 0 amide bonds. The van der Waals surface area contributed by atoms with Crippen LogP contribution in [-0.2, 0) is 11.2 Å². The van der Waals surface area contributed by atoms with Gasteiger partial charge in [0.1, 0.15) is 5.75 Å². The van der Waals surface area contributed by atoms with Crippen LogP contribution in [-0.4, -0.2) is 22.7 Å². The molecule has 4 nitrogen and oxygen atoms in total. The molecule has 1 aromatic heterocycles. The molecule has 0 aliphatic carbocycles. The molecule has 108 valence electrons. The van der Waals surface area contributed by atoms with Crippen molar-refractivity contribution in [3.05, 3.63) is 65.0 Å². The van der Waals surface area contributed by atoms with Crippen LogP contribution in [0, 0.1) is 0 Å². The van der Waals surface area contributed by atoms with E-state index >= 15 is 0 Å². The van der Waals surface area contributed by atoms with E-state index in [1.165, 1.54) is 6.08 Å². The lowest BCUT2D eigenvalue weighted by atomic mass is 10.2.